The van der Waals surface area contributed by atoms with Crippen LogP contribution >= 0.6 is 0 Å². The number of hydrogen-bond acceptors (Lipinski definition) is 2. The maximum atomic E-state index is 13.3. The Balaban J connectivity index is 1.78. The zero-order chi connectivity index (χ0) is 13.1. The summed E-state index contributed by atoms with van der Waals surface area (Å²) in [5.41, 5.74) is 2.24. The Labute approximate surface area is 112 Å². The van der Waals surface area contributed by atoms with Gasteiger partial charge in [0, 0.05) is 31.4 Å². The van der Waals surface area contributed by atoms with Crippen molar-refractivity contribution in [1.29, 1.82) is 0 Å². The van der Waals surface area contributed by atoms with Crippen molar-refractivity contribution in [2.45, 2.75) is 6.04 Å². The number of anilines is 1. The summed E-state index contributed by atoms with van der Waals surface area (Å²) in [5, 5.41) is 3.51. The molecule has 1 saturated heterocycles. The van der Waals surface area contributed by atoms with E-state index in [-0.39, 0.29) is 5.82 Å². The molecule has 3 rings (SSSR count). The molecule has 1 aliphatic heterocycles. The molecular weight excluding hydrogens is 239 g/mol. The fourth-order valence-corrected chi connectivity index (χ4v) is 2.57. The van der Waals surface area contributed by atoms with Crippen molar-refractivity contribution in [3.05, 3.63) is 66.0 Å². The van der Waals surface area contributed by atoms with Gasteiger partial charge in [-0.1, -0.05) is 36.4 Å². The highest BCUT2D eigenvalue weighted by molar-refractivity contribution is 5.47. The molecule has 19 heavy (non-hydrogen) atoms. The first-order valence-corrected chi connectivity index (χ1v) is 6.62. The van der Waals surface area contributed by atoms with E-state index in [2.05, 4.69) is 34.5 Å². The Kier molecular flexibility index (Phi) is 3.47. The van der Waals surface area contributed by atoms with Crippen LogP contribution in [0.1, 0.15) is 11.6 Å². The third-order valence-electron chi connectivity index (χ3n) is 3.55. The molecule has 2 nitrogen and oxygen atoms in total. The van der Waals surface area contributed by atoms with E-state index in [1.807, 2.05) is 12.1 Å². The number of nitrogens with zero attached hydrogens (tertiary/aromatic N) is 1. The summed E-state index contributed by atoms with van der Waals surface area (Å²) < 4.78 is 13.3. The molecule has 1 aliphatic rings. The number of nitrogens with one attached hydrogen (secondary N) is 1. The largest absolute Gasteiger partial charge is 0.368 e. The van der Waals surface area contributed by atoms with Crippen LogP contribution in [0.3, 0.4) is 0 Å². The standard InChI is InChI=1S/C16H17FN2/c17-14-7-4-8-15(11-14)19-10-9-18-16(12-19)13-5-2-1-3-6-13/h1-8,11,16,18H,9-10,12H2. The molecule has 0 amide bonds. The summed E-state index contributed by atoms with van der Waals surface area (Å²) >= 11 is 0. The molecule has 2 aromatic carbocycles. The SMILES string of the molecule is Fc1cccc(N2CCNC(c3ccccc3)C2)c1. The van der Waals surface area contributed by atoms with E-state index in [4.69, 9.17) is 0 Å². The molecular formula is C16H17FN2. The molecule has 0 bridgehead atoms. The minimum absolute atomic E-state index is 0.174. The quantitative estimate of drug-likeness (QED) is 0.888. The summed E-state index contributed by atoms with van der Waals surface area (Å²) in [7, 11) is 0. The van der Waals surface area contributed by atoms with Crippen LogP contribution in [0.5, 0.6) is 0 Å². The van der Waals surface area contributed by atoms with Crippen LogP contribution < -0.4 is 10.2 Å². The molecule has 98 valence electrons. The van der Waals surface area contributed by atoms with Crippen molar-refractivity contribution < 1.29 is 4.39 Å². The molecule has 0 aliphatic carbocycles. The minimum Gasteiger partial charge on any atom is -0.368 e. The van der Waals surface area contributed by atoms with Crippen molar-refractivity contribution in [2.75, 3.05) is 24.5 Å². The molecule has 1 atom stereocenters. The van der Waals surface area contributed by atoms with Crippen LogP contribution in [0, 0.1) is 5.82 Å². The fraction of sp³-hybridized carbons (Fsp3) is 0.250. The first-order valence-electron chi connectivity index (χ1n) is 6.62. The van der Waals surface area contributed by atoms with Crippen LogP contribution in [0.25, 0.3) is 0 Å². The lowest BCUT2D eigenvalue weighted by Crippen LogP contribution is -2.45. The van der Waals surface area contributed by atoms with Gasteiger partial charge in [0.15, 0.2) is 0 Å². The van der Waals surface area contributed by atoms with Gasteiger partial charge < -0.3 is 10.2 Å². The van der Waals surface area contributed by atoms with Gasteiger partial charge >= 0.3 is 0 Å². The normalized spacial score (nSPS) is 19.4. The molecule has 1 heterocycles. The van der Waals surface area contributed by atoms with Gasteiger partial charge in [-0.25, -0.2) is 4.39 Å². The second kappa shape index (κ2) is 5.41. The van der Waals surface area contributed by atoms with E-state index >= 15 is 0 Å². The first kappa shape index (κ1) is 12.2. The lowest BCUT2D eigenvalue weighted by molar-refractivity contribution is 0.471. The molecule has 0 spiro atoms. The van der Waals surface area contributed by atoms with Crippen LogP contribution in [0.15, 0.2) is 54.6 Å². The van der Waals surface area contributed by atoms with E-state index in [9.17, 15) is 4.39 Å². The molecule has 0 saturated carbocycles. The number of halogens is 1. The molecule has 1 fully saturated rings. The number of rotatable bonds is 2. The topological polar surface area (TPSA) is 15.3 Å². The predicted molar refractivity (Wildman–Crippen MR) is 75.8 cm³/mol. The Bertz CT molecular complexity index is 541. The average Bonchev–Trinajstić information content (AvgIpc) is 2.48. The van der Waals surface area contributed by atoms with Gasteiger partial charge in [0.05, 0.1) is 0 Å². The third-order valence-corrected chi connectivity index (χ3v) is 3.55. The zero-order valence-electron chi connectivity index (χ0n) is 10.7. The summed E-state index contributed by atoms with van der Waals surface area (Å²) in [6.45, 7) is 2.69. The Morgan fingerprint density at radius 1 is 1.05 bits per heavy atom. The van der Waals surface area contributed by atoms with Crippen LogP contribution in [-0.2, 0) is 0 Å². The Morgan fingerprint density at radius 2 is 1.89 bits per heavy atom. The van der Waals surface area contributed by atoms with Gasteiger partial charge in [-0.15, -0.1) is 0 Å². The van der Waals surface area contributed by atoms with Crippen molar-refractivity contribution in [1.82, 2.24) is 5.32 Å². The van der Waals surface area contributed by atoms with E-state index in [1.165, 1.54) is 11.6 Å². The first-order chi connectivity index (χ1) is 9.33. The maximum Gasteiger partial charge on any atom is 0.125 e. The summed E-state index contributed by atoms with van der Waals surface area (Å²) in [4.78, 5) is 2.23. The Morgan fingerprint density at radius 3 is 2.68 bits per heavy atom. The second-order valence-electron chi connectivity index (χ2n) is 4.84. The van der Waals surface area contributed by atoms with Crippen molar-refractivity contribution in [3.8, 4) is 0 Å². The number of piperazine rings is 1. The molecule has 3 heteroatoms. The predicted octanol–water partition coefficient (Wildman–Crippen LogP) is 2.98. The van der Waals surface area contributed by atoms with Gasteiger partial charge in [0.25, 0.3) is 0 Å². The van der Waals surface area contributed by atoms with E-state index in [0.717, 1.165) is 25.3 Å². The monoisotopic (exact) mass is 256 g/mol. The smallest absolute Gasteiger partial charge is 0.125 e. The maximum absolute atomic E-state index is 13.3. The van der Waals surface area contributed by atoms with Crippen LogP contribution in [0.4, 0.5) is 10.1 Å². The van der Waals surface area contributed by atoms with Gasteiger partial charge in [0.2, 0.25) is 0 Å². The van der Waals surface area contributed by atoms with Gasteiger partial charge in [-0.3, -0.25) is 0 Å². The summed E-state index contributed by atoms with van der Waals surface area (Å²) in [6, 6.07) is 17.5. The highest BCUT2D eigenvalue weighted by atomic mass is 19.1. The van der Waals surface area contributed by atoms with E-state index < -0.39 is 0 Å². The minimum atomic E-state index is -0.174. The highest BCUT2D eigenvalue weighted by Gasteiger charge is 2.20. The average molecular weight is 256 g/mol. The van der Waals surface area contributed by atoms with Crippen LogP contribution in [-0.4, -0.2) is 19.6 Å². The second-order valence-corrected chi connectivity index (χ2v) is 4.84. The van der Waals surface area contributed by atoms with Gasteiger partial charge in [-0.2, -0.15) is 0 Å². The lowest BCUT2D eigenvalue weighted by atomic mass is 10.0. The number of hydrogen-bond donors (Lipinski definition) is 1. The molecule has 1 N–H and O–H groups in total. The lowest BCUT2D eigenvalue weighted by Gasteiger charge is -2.35. The van der Waals surface area contributed by atoms with Crippen molar-refractivity contribution in [3.63, 3.8) is 0 Å². The zero-order valence-corrected chi connectivity index (χ0v) is 10.7. The highest BCUT2D eigenvalue weighted by Crippen LogP contribution is 2.22. The molecule has 0 aromatic heterocycles. The summed E-state index contributed by atoms with van der Waals surface area (Å²) in [5.74, 6) is -0.174. The number of benzene rings is 2. The van der Waals surface area contributed by atoms with Crippen molar-refractivity contribution >= 4 is 5.69 Å². The molecule has 1 unspecified atom stereocenters. The van der Waals surface area contributed by atoms with E-state index in [1.54, 1.807) is 12.1 Å². The van der Waals surface area contributed by atoms with Crippen molar-refractivity contribution in [2.24, 2.45) is 0 Å². The Hall–Kier alpha value is -1.87. The summed E-state index contributed by atoms with van der Waals surface area (Å²) in [6.07, 6.45) is 0. The van der Waals surface area contributed by atoms with Gasteiger partial charge in [0.1, 0.15) is 5.82 Å². The van der Waals surface area contributed by atoms with Crippen LogP contribution in [0.2, 0.25) is 0 Å². The third kappa shape index (κ3) is 2.76. The van der Waals surface area contributed by atoms with E-state index in [0.29, 0.717) is 6.04 Å². The van der Waals surface area contributed by atoms with Gasteiger partial charge in [-0.05, 0) is 23.8 Å². The molecule has 2 aromatic rings. The fourth-order valence-electron chi connectivity index (χ4n) is 2.57. The molecule has 0 radical (unpaired) electrons.